The molecule has 2 heterocycles. The standard InChI is InChI=1S/C26H22N4O3S/c1-16-8-9-17(2)21(14-16)23(31)15-34-26-28-27-25-29(18-10-12-19(33-3)13-11-18)24(32)20-6-4-5-7-22(20)30(25)26/h4-14H,15H2,1-3H3. The molecule has 0 amide bonds. The van der Waals surface area contributed by atoms with Gasteiger partial charge in [-0.1, -0.05) is 41.6 Å². The second-order valence-electron chi connectivity index (χ2n) is 8.00. The zero-order valence-electron chi connectivity index (χ0n) is 19.0. The molecule has 0 atom stereocenters. The minimum Gasteiger partial charge on any atom is -0.497 e. The van der Waals surface area contributed by atoms with Crippen LogP contribution in [0.5, 0.6) is 5.75 Å². The van der Waals surface area contributed by atoms with Gasteiger partial charge in [0.25, 0.3) is 5.56 Å². The van der Waals surface area contributed by atoms with Crippen LogP contribution in [0.1, 0.15) is 21.5 Å². The van der Waals surface area contributed by atoms with Gasteiger partial charge in [0.05, 0.1) is 29.5 Å². The van der Waals surface area contributed by atoms with Crippen molar-refractivity contribution in [1.29, 1.82) is 0 Å². The number of methoxy groups -OCH3 is 1. The lowest BCUT2D eigenvalue weighted by atomic mass is 10.0. The minimum absolute atomic E-state index is 0.0238. The van der Waals surface area contributed by atoms with Gasteiger partial charge < -0.3 is 4.74 Å². The highest BCUT2D eigenvalue weighted by atomic mass is 32.2. The fourth-order valence-electron chi connectivity index (χ4n) is 3.98. The number of thioether (sulfide) groups is 1. The Morgan fingerprint density at radius 3 is 2.53 bits per heavy atom. The molecule has 7 nitrogen and oxygen atoms in total. The molecule has 0 N–H and O–H groups in total. The summed E-state index contributed by atoms with van der Waals surface area (Å²) in [5.74, 6) is 1.31. The van der Waals surface area contributed by atoms with Crippen LogP contribution in [-0.2, 0) is 0 Å². The number of para-hydroxylation sites is 1. The van der Waals surface area contributed by atoms with E-state index in [0.29, 0.717) is 38.8 Å². The number of ether oxygens (including phenoxy) is 1. The molecule has 5 aromatic rings. The van der Waals surface area contributed by atoms with Crippen molar-refractivity contribution < 1.29 is 9.53 Å². The van der Waals surface area contributed by atoms with Gasteiger partial charge in [0, 0.05) is 5.56 Å². The lowest BCUT2D eigenvalue weighted by Gasteiger charge is -2.12. The van der Waals surface area contributed by atoms with Gasteiger partial charge >= 0.3 is 0 Å². The summed E-state index contributed by atoms with van der Waals surface area (Å²) >= 11 is 1.31. The number of benzene rings is 3. The Morgan fingerprint density at radius 2 is 1.76 bits per heavy atom. The lowest BCUT2D eigenvalue weighted by molar-refractivity contribution is 0.102. The average Bonchev–Trinajstić information content (AvgIpc) is 3.28. The van der Waals surface area contributed by atoms with Crippen LogP contribution in [-0.4, -0.2) is 37.8 Å². The Bertz CT molecular complexity index is 1600. The summed E-state index contributed by atoms with van der Waals surface area (Å²) in [6.45, 7) is 3.91. The number of rotatable bonds is 6. The van der Waals surface area contributed by atoms with Gasteiger partial charge in [0.1, 0.15) is 5.75 Å². The fraction of sp³-hybridized carbons (Fsp3) is 0.154. The van der Waals surface area contributed by atoms with E-state index in [-0.39, 0.29) is 17.1 Å². The van der Waals surface area contributed by atoms with Gasteiger partial charge in [-0.2, -0.15) is 0 Å². The second-order valence-corrected chi connectivity index (χ2v) is 8.95. The van der Waals surface area contributed by atoms with Crippen LogP contribution in [0.15, 0.2) is 76.7 Å². The van der Waals surface area contributed by atoms with Crippen LogP contribution in [0.25, 0.3) is 22.4 Å². The van der Waals surface area contributed by atoms with Crippen LogP contribution >= 0.6 is 11.8 Å². The number of aromatic nitrogens is 4. The van der Waals surface area contributed by atoms with E-state index in [9.17, 15) is 9.59 Å². The van der Waals surface area contributed by atoms with Crippen molar-refractivity contribution in [1.82, 2.24) is 19.2 Å². The predicted molar refractivity (Wildman–Crippen MR) is 134 cm³/mol. The van der Waals surface area contributed by atoms with E-state index in [1.165, 1.54) is 16.3 Å². The summed E-state index contributed by atoms with van der Waals surface area (Å²) < 4.78 is 8.62. The first-order valence-electron chi connectivity index (χ1n) is 10.7. The Balaban J connectivity index is 1.62. The molecule has 0 aliphatic carbocycles. The molecule has 0 saturated heterocycles. The molecule has 0 radical (unpaired) electrons. The zero-order chi connectivity index (χ0) is 23.8. The predicted octanol–water partition coefficient (Wildman–Crippen LogP) is 4.63. The van der Waals surface area contributed by atoms with Crippen molar-refractivity contribution in [2.24, 2.45) is 0 Å². The highest BCUT2D eigenvalue weighted by Crippen LogP contribution is 2.25. The second kappa shape index (κ2) is 8.79. The van der Waals surface area contributed by atoms with Crippen LogP contribution in [0.2, 0.25) is 0 Å². The third-order valence-corrected chi connectivity index (χ3v) is 6.68. The minimum atomic E-state index is -0.191. The number of hydrogen-bond acceptors (Lipinski definition) is 6. The molecule has 0 aliphatic heterocycles. The number of ketones is 1. The van der Waals surface area contributed by atoms with Gasteiger partial charge in [-0.3, -0.25) is 14.0 Å². The molecule has 0 unspecified atom stereocenters. The van der Waals surface area contributed by atoms with Crippen molar-refractivity contribution in [3.8, 4) is 11.4 Å². The van der Waals surface area contributed by atoms with E-state index in [2.05, 4.69) is 10.2 Å². The molecular weight excluding hydrogens is 448 g/mol. The quantitative estimate of drug-likeness (QED) is 0.266. The number of fused-ring (bicyclic) bond motifs is 3. The summed E-state index contributed by atoms with van der Waals surface area (Å²) in [5.41, 5.74) is 3.85. The van der Waals surface area contributed by atoms with Gasteiger partial charge in [-0.25, -0.2) is 4.57 Å². The lowest BCUT2D eigenvalue weighted by Crippen LogP contribution is -2.21. The topological polar surface area (TPSA) is 78.5 Å². The normalized spacial score (nSPS) is 11.3. The first kappa shape index (κ1) is 21.9. The molecule has 0 fully saturated rings. The summed E-state index contributed by atoms with van der Waals surface area (Å²) in [6.07, 6.45) is 0. The van der Waals surface area contributed by atoms with E-state index < -0.39 is 0 Å². The largest absolute Gasteiger partial charge is 0.497 e. The SMILES string of the molecule is COc1ccc(-n2c(=O)c3ccccc3n3c(SCC(=O)c4cc(C)ccc4C)nnc23)cc1. The number of carbonyl (C=O) groups excluding carboxylic acids is 1. The number of nitrogens with zero attached hydrogens (tertiary/aromatic N) is 4. The smallest absolute Gasteiger partial charge is 0.267 e. The monoisotopic (exact) mass is 470 g/mol. The van der Waals surface area contributed by atoms with E-state index in [1.807, 2.05) is 54.6 Å². The first-order valence-corrected chi connectivity index (χ1v) is 11.7. The van der Waals surface area contributed by atoms with Crippen molar-refractivity contribution in [3.05, 3.63) is 93.8 Å². The van der Waals surface area contributed by atoms with Gasteiger partial charge in [-0.15, -0.1) is 10.2 Å². The van der Waals surface area contributed by atoms with Gasteiger partial charge in [0.15, 0.2) is 10.9 Å². The maximum atomic E-state index is 13.4. The molecule has 2 aromatic heterocycles. The Hall–Kier alpha value is -3.91. The average molecular weight is 471 g/mol. The maximum Gasteiger partial charge on any atom is 0.267 e. The van der Waals surface area contributed by atoms with E-state index >= 15 is 0 Å². The number of aryl methyl sites for hydroxylation is 2. The van der Waals surface area contributed by atoms with Gasteiger partial charge in [-0.05, 0) is 61.9 Å². The molecule has 3 aromatic carbocycles. The molecule has 0 aliphatic rings. The molecule has 0 saturated carbocycles. The molecule has 5 rings (SSSR count). The molecule has 170 valence electrons. The molecular formula is C26H22N4O3S. The van der Waals surface area contributed by atoms with Crippen LogP contribution in [0.4, 0.5) is 0 Å². The number of Topliss-reactive ketones (excluding diaryl/α,β-unsaturated/α-hetero) is 1. The Labute approximate surface area is 200 Å². The van der Waals surface area contributed by atoms with Crippen LogP contribution < -0.4 is 10.3 Å². The molecule has 34 heavy (non-hydrogen) atoms. The fourth-order valence-corrected chi connectivity index (χ4v) is 4.80. The van der Waals surface area contributed by atoms with E-state index in [1.54, 1.807) is 37.4 Å². The van der Waals surface area contributed by atoms with Crippen LogP contribution in [0.3, 0.4) is 0 Å². The summed E-state index contributed by atoms with van der Waals surface area (Å²) in [6, 6.07) is 20.4. The van der Waals surface area contributed by atoms with E-state index in [4.69, 9.17) is 4.74 Å². The van der Waals surface area contributed by atoms with E-state index in [0.717, 1.165) is 11.1 Å². The van der Waals surface area contributed by atoms with Crippen molar-refractivity contribution >= 4 is 34.2 Å². The summed E-state index contributed by atoms with van der Waals surface area (Å²) in [5, 5.41) is 9.78. The van der Waals surface area contributed by atoms with Crippen molar-refractivity contribution in [2.45, 2.75) is 19.0 Å². The third-order valence-electron chi connectivity index (χ3n) is 5.75. The number of carbonyl (C=O) groups is 1. The summed E-state index contributed by atoms with van der Waals surface area (Å²) in [7, 11) is 1.59. The Kier molecular flexibility index (Phi) is 5.67. The van der Waals surface area contributed by atoms with Crippen LogP contribution in [0, 0.1) is 13.8 Å². The highest BCUT2D eigenvalue weighted by Gasteiger charge is 2.19. The molecule has 0 spiro atoms. The Morgan fingerprint density at radius 1 is 1.00 bits per heavy atom. The third kappa shape index (κ3) is 3.76. The summed E-state index contributed by atoms with van der Waals surface area (Å²) in [4.78, 5) is 26.4. The van der Waals surface area contributed by atoms with Crippen molar-refractivity contribution in [3.63, 3.8) is 0 Å². The van der Waals surface area contributed by atoms with Crippen molar-refractivity contribution in [2.75, 3.05) is 12.9 Å². The highest BCUT2D eigenvalue weighted by molar-refractivity contribution is 7.99. The zero-order valence-corrected chi connectivity index (χ0v) is 19.8. The first-order chi connectivity index (χ1) is 16.5. The number of hydrogen-bond donors (Lipinski definition) is 0. The molecule has 8 heteroatoms. The molecule has 0 bridgehead atoms. The van der Waals surface area contributed by atoms with Gasteiger partial charge in [0.2, 0.25) is 5.78 Å². The maximum absolute atomic E-state index is 13.4.